The predicted molar refractivity (Wildman–Crippen MR) is 112 cm³/mol. The lowest BCUT2D eigenvalue weighted by Crippen LogP contribution is -2.28. The second-order valence-corrected chi connectivity index (χ2v) is 8.19. The van der Waals surface area contributed by atoms with Gasteiger partial charge in [0.2, 0.25) is 11.8 Å². The van der Waals surface area contributed by atoms with Crippen LogP contribution >= 0.6 is 22.9 Å². The third-order valence-corrected chi connectivity index (χ3v) is 6.12. The molecule has 8 nitrogen and oxygen atoms in total. The first-order valence-electron chi connectivity index (χ1n) is 8.74. The largest absolute Gasteiger partial charge is 0.312 e. The molecule has 4 rings (SSSR count). The monoisotopic (exact) mass is 430 g/mol. The fourth-order valence-electron chi connectivity index (χ4n) is 3.17. The molecule has 1 fully saturated rings. The van der Waals surface area contributed by atoms with E-state index in [0.29, 0.717) is 26.1 Å². The van der Waals surface area contributed by atoms with Gasteiger partial charge in [-0.2, -0.15) is 0 Å². The van der Waals surface area contributed by atoms with Gasteiger partial charge >= 0.3 is 0 Å². The summed E-state index contributed by atoms with van der Waals surface area (Å²) in [5.41, 5.74) is 2.10. The fourth-order valence-corrected chi connectivity index (χ4v) is 4.25. The molecule has 2 amide bonds. The molecular formula is C19H15ClN4O4S. The lowest BCUT2D eigenvalue weighted by Gasteiger charge is -2.17. The number of carbonyl (C=O) groups is 2. The number of hydrogen-bond donors (Lipinski definition) is 1. The summed E-state index contributed by atoms with van der Waals surface area (Å²) in [4.78, 5) is 41.3. The van der Waals surface area contributed by atoms with Crippen LogP contribution in [0.1, 0.15) is 12.0 Å². The Morgan fingerprint density at radius 1 is 1.34 bits per heavy atom. The van der Waals surface area contributed by atoms with Crippen LogP contribution in [0.15, 0.2) is 36.4 Å². The summed E-state index contributed by atoms with van der Waals surface area (Å²) in [7, 11) is 0. The molecule has 0 saturated carbocycles. The Balaban J connectivity index is 1.49. The van der Waals surface area contributed by atoms with E-state index in [4.69, 9.17) is 11.6 Å². The van der Waals surface area contributed by atoms with Crippen molar-refractivity contribution in [3.63, 3.8) is 0 Å². The standard InChI is InChI=1S/C19H15ClN4O4S/c1-10-2-3-12(7-14(10)20)23-9-11(6-17(23)25)18(26)22-19-21-15-5-4-13(24(27)28)8-16(15)29-19/h2-5,7-8,11H,6,9H2,1H3,(H,21,22,26). The minimum Gasteiger partial charge on any atom is -0.312 e. The lowest BCUT2D eigenvalue weighted by molar-refractivity contribution is -0.384. The van der Waals surface area contributed by atoms with Gasteiger partial charge in [0.25, 0.3) is 5.69 Å². The molecule has 1 aliphatic heterocycles. The van der Waals surface area contributed by atoms with Crippen molar-refractivity contribution in [1.82, 2.24) is 4.98 Å². The van der Waals surface area contributed by atoms with Gasteiger partial charge in [0.05, 0.1) is 21.1 Å². The zero-order valence-corrected chi connectivity index (χ0v) is 16.8. The number of aryl methyl sites for hydroxylation is 1. The second-order valence-electron chi connectivity index (χ2n) is 6.76. The second kappa shape index (κ2) is 7.41. The normalized spacial score (nSPS) is 16.4. The molecule has 1 saturated heterocycles. The molecule has 1 aromatic heterocycles. The molecule has 0 aliphatic carbocycles. The molecule has 148 valence electrons. The number of carbonyl (C=O) groups excluding carboxylic acids is 2. The number of anilines is 2. The molecule has 0 spiro atoms. The molecule has 29 heavy (non-hydrogen) atoms. The maximum Gasteiger partial charge on any atom is 0.270 e. The first kappa shape index (κ1) is 19.3. The number of aromatic nitrogens is 1. The minimum absolute atomic E-state index is 0.0344. The van der Waals surface area contributed by atoms with Crippen molar-refractivity contribution in [2.45, 2.75) is 13.3 Å². The van der Waals surface area contributed by atoms with E-state index in [0.717, 1.165) is 16.9 Å². The van der Waals surface area contributed by atoms with Crippen molar-refractivity contribution in [3.05, 3.63) is 57.1 Å². The van der Waals surface area contributed by atoms with E-state index in [1.54, 1.807) is 23.1 Å². The van der Waals surface area contributed by atoms with E-state index in [1.807, 2.05) is 13.0 Å². The molecule has 0 bridgehead atoms. The van der Waals surface area contributed by atoms with Crippen molar-refractivity contribution < 1.29 is 14.5 Å². The molecular weight excluding hydrogens is 416 g/mol. The van der Waals surface area contributed by atoms with Crippen molar-refractivity contribution in [1.29, 1.82) is 0 Å². The highest BCUT2D eigenvalue weighted by molar-refractivity contribution is 7.22. The quantitative estimate of drug-likeness (QED) is 0.494. The van der Waals surface area contributed by atoms with E-state index >= 15 is 0 Å². The highest BCUT2D eigenvalue weighted by Gasteiger charge is 2.35. The molecule has 2 aromatic carbocycles. The number of fused-ring (bicyclic) bond motifs is 1. The Bertz CT molecular complexity index is 1160. The van der Waals surface area contributed by atoms with Crippen LogP contribution in [0, 0.1) is 23.0 Å². The highest BCUT2D eigenvalue weighted by Crippen LogP contribution is 2.32. The molecule has 3 aromatic rings. The molecule has 10 heteroatoms. The van der Waals surface area contributed by atoms with E-state index < -0.39 is 10.8 Å². The number of halogens is 1. The minimum atomic E-state index is -0.524. The van der Waals surface area contributed by atoms with Crippen molar-refractivity contribution in [2.75, 3.05) is 16.8 Å². The summed E-state index contributed by atoms with van der Waals surface area (Å²) in [6.07, 6.45) is 0.0910. The third kappa shape index (κ3) is 3.79. The first-order valence-corrected chi connectivity index (χ1v) is 9.93. The maximum atomic E-state index is 12.7. The van der Waals surface area contributed by atoms with Crippen molar-refractivity contribution >= 4 is 61.5 Å². The Morgan fingerprint density at radius 2 is 2.14 bits per heavy atom. The van der Waals surface area contributed by atoms with Gasteiger partial charge in [-0.15, -0.1) is 0 Å². The molecule has 1 N–H and O–H groups in total. The summed E-state index contributed by atoms with van der Waals surface area (Å²) in [6.45, 7) is 2.13. The SMILES string of the molecule is Cc1ccc(N2CC(C(=O)Nc3nc4ccc([N+](=O)[O-])cc4s3)CC2=O)cc1Cl. The summed E-state index contributed by atoms with van der Waals surface area (Å²) in [5.74, 6) is -0.985. The summed E-state index contributed by atoms with van der Waals surface area (Å²) < 4.78 is 0.605. The average molecular weight is 431 g/mol. The smallest absolute Gasteiger partial charge is 0.270 e. The van der Waals surface area contributed by atoms with Gasteiger partial charge in [-0.1, -0.05) is 29.0 Å². The van der Waals surface area contributed by atoms with Crippen LogP contribution in [0.25, 0.3) is 10.2 Å². The van der Waals surface area contributed by atoms with Crippen LogP contribution in [0.5, 0.6) is 0 Å². The number of non-ortho nitro benzene ring substituents is 1. The lowest BCUT2D eigenvalue weighted by atomic mass is 10.1. The van der Waals surface area contributed by atoms with E-state index in [2.05, 4.69) is 10.3 Å². The van der Waals surface area contributed by atoms with Crippen LogP contribution in [0.3, 0.4) is 0 Å². The fraction of sp³-hybridized carbons (Fsp3) is 0.211. The van der Waals surface area contributed by atoms with Crippen LogP contribution in [0.4, 0.5) is 16.5 Å². The van der Waals surface area contributed by atoms with E-state index in [9.17, 15) is 19.7 Å². The van der Waals surface area contributed by atoms with Gasteiger partial charge in [0.15, 0.2) is 5.13 Å². The number of nitrogens with one attached hydrogen (secondary N) is 1. The number of nitrogens with zero attached hydrogens (tertiary/aromatic N) is 3. The zero-order chi connectivity index (χ0) is 20.7. The highest BCUT2D eigenvalue weighted by atomic mass is 35.5. The van der Waals surface area contributed by atoms with Crippen LogP contribution < -0.4 is 10.2 Å². The number of amides is 2. The Morgan fingerprint density at radius 3 is 2.86 bits per heavy atom. The number of thiazole rings is 1. The van der Waals surface area contributed by atoms with E-state index in [-0.39, 0.29) is 30.5 Å². The van der Waals surface area contributed by atoms with Gasteiger partial charge in [0.1, 0.15) is 0 Å². The van der Waals surface area contributed by atoms with Gasteiger partial charge < -0.3 is 10.2 Å². The summed E-state index contributed by atoms with van der Waals surface area (Å²) >= 11 is 7.30. The molecule has 0 radical (unpaired) electrons. The Kier molecular flexibility index (Phi) is 4.93. The van der Waals surface area contributed by atoms with E-state index in [1.165, 1.54) is 12.1 Å². The van der Waals surface area contributed by atoms with Crippen LogP contribution in [-0.2, 0) is 9.59 Å². The molecule has 1 atom stereocenters. The van der Waals surface area contributed by atoms with Gasteiger partial charge in [-0.3, -0.25) is 19.7 Å². The number of benzene rings is 2. The zero-order valence-electron chi connectivity index (χ0n) is 15.2. The first-order chi connectivity index (χ1) is 13.8. The number of rotatable bonds is 4. The number of hydrogen-bond acceptors (Lipinski definition) is 6. The van der Waals surface area contributed by atoms with Gasteiger partial charge in [-0.05, 0) is 30.7 Å². The van der Waals surface area contributed by atoms with Crippen molar-refractivity contribution in [2.24, 2.45) is 5.92 Å². The van der Waals surface area contributed by atoms with Crippen LogP contribution in [0.2, 0.25) is 5.02 Å². The summed E-state index contributed by atoms with van der Waals surface area (Å²) in [5, 5.41) is 14.5. The van der Waals surface area contributed by atoms with Crippen molar-refractivity contribution in [3.8, 4) is 0 Å². The Labute approximate surface area is 174 Å². The number of nitro benzene ring substituents is 1. The maximum absolute atomic E-state index is 12.7. The predicted octanol–water partition coefficient (Wildman–Crippen LogP) is 4.16. The van der Waals surface area contributed by atoms with Gasteiger partial charge in [-0.25, -0.2) is 4.98 Å². The van der Waals surface area contributed by atoms with Gasteiger partial charge in [0, 0.05) is 35.8 Å². The number of nitro groups is 1. The molecule has 1 aliphatic rings. The average Bonchev–Trinajstić information content (AvgIpc) is 3.26. The molecule has 2 heterocycles. The Hall–Kier alpha value is -3.04. The van der Waals surface area contributed by atoms with Crippen LogP contribution in [-0.4, -0.2) is 28.3 Å². The molecule has 1 unspecified atom stereocenters. The third-order valence-electron chi connectivity index (χ3n) is 4.78. The topological polar surface area (TPSA) is 105 Å². The summed E-state index contributed by atoms with van der Waals surface area (Å²) in [6, 6.07) is 9.69.